The number of allylic oxidation sites excluding steroid dienone is 2. The number of carbonyl (C=O) groups is 1. The van der Waals surface area contributed by atoms with E-state index in [2.05, 4.69) is 5.32 Å². The summed E-state index contributed by atoms with van der Waals surface area (Å²) in [4.78, 5) is 11.5. The average Bonchev–Trinajstić information content (AvgIpc) is 2.90. The molecule has 0 saturated heterocycles. The van der Waals surface area contributed by atoms with Crippen LogP contribution in [0.4, 0.5) is 4.79 Å². The fraction of sp³-hybridized carbons (Fsp3) is 0.357. The quantitative estimate of drug-likeness (QED) is 0.889. The number of methoxy groups -OCH3 is 1. The van der Waals surface area contributed by atoms with Crippen LogP contribution in [0.15, 0.2) is 36.0 Å². The number of nitrogens with one attached hydrogen (secondary N) is 1. The van der Waals surface area contributed by atoms with Gasteiger partial charge in [0.1, 0.15) is 12.4 Å². The van der Waals surface area contributed by atoms with Crippen molar-refractivity contribution in [2.24, 2.45) is 0 Å². The third kappa shape index (κ3) is 3.52. The molecule has 0 aromatic heterocycles. The third-order valence-electron chi connectivity index (χ3n) is 2.83. The number of ether oxygens (including phenoxy) is 2. The first-order chi connectivity index (χ1) is 8.78. The average molecular weight is 247 g/mol. The van der Waals surface area contributed by atoms with Crippen molar-refractivity contribution in [3.8, 4) is 5.75 Å². The van der Waals surface area contributed by atoms with E-state index in [1.807, 2.05) is 30.3 Å². The minimum atomic E-state index is -0.390. The molecule has 4 nitrogen and oxygen atoms in total. The fourth-order valence-corrected chi connectivity index (χ4v) is 1.82. The SMILES string of the molecule is COc1ccc(COC(=O)NC2=CCCC2)cc1. The Balaban J connectivity index is 1.77. The summed E-state index contributed by atoms with van der Waals surface area (Å²) in [6, 6.07) is 7.44. The third-order valence-corrected chi connectivity index (χ3v) is 2.83. The fourth-order valence-electron chi connectivity index (χ4n) is 1.82. The molecule has 2 rings (SSSR count). The molecule has 1 aliphatic rings. The van der Waals surface area contributed by atoms with Crippen LogP contribution in [-0.2, 0) is 11.3 Å². The Hall–Kier alpha value is -1.97. The molecule has 18 heavy (non-hydrogen) atoms. The van der Waals surface area contributed by atoms with E-state index in [-0.39, 0.29) is 12.7 Å². The topological polar surface area (TPSA) is 47.6 Å². The predicted molar refractivity (Wildman–Crippen MR) is 68.2 cm³/mol. The Labute approximate surface area is 107 Å². The van der Waals surface area contributed by atoms with Crippen molar-refractivity contribution in [3.63, 3.8) is 0 Å². The van der Waals surface area contributed by atoms with Gasteiger partial charge < -0.3 is 9.47 Å². The molecule has 0 aliphatic heterocycles. The van der Waals surface area contributed by atoms with Crippen LogP contribution in [0.2, 0.25) is 0 Å². The van der Waals surface area contributed by atoms with Crippen molar-refractivity contribution >= 4 is 6.09 Å². The highest BCUT2D eigenvalue weighted by Crippen LogP contribution is 2.15. The van der Waals surface area contributed by atoms with Crippen molar-refractivity contribution in [1.29, 1.82) is 0 Å². The first-order valence-electron chi connectivity index (χ1n) is 6.03. The largest absolute Gasteiger partial charge is 0.497 e. The minimum Gasteiger partial charge on any atom is -0.497 e. The van der Waals surface area contributed by atoms with Gasteiger partial charge in [-0.15, -0.1) is 0 Å². The van der Waals surface area contributed by atoms with Gasteiger partial charge in [0.25, 0.3) is 0 Å². The van der Waals surface area contributed by atoms with E-state index in [0.29, 0.717) is 0 Å². The summed E-state index contributed by atoms with van der Waals surface area (Å²) < 4.78 is 10.2. The molecule has 1 aliphatic carbocycles. The Kier molecular flexibility index (Phi) is 4.23. The number of hydrogen-bond acceptors (Lipinski definition) is 3. The summed E-state index contributed by atoms with van der Waals surface area (Å²) in [5.74, 6) is 0.791. The lowest BCUT2D eigenvalue weighted by Crippen LogP contribution is -2.22. The molecule has 0 saturated carbocycles. The first kappa shape index (κ1) is 12.5. The van der Waals surface area contributed by atoms with E-state index in [1.165, 1.54) is 0 Å². The van der Waals surface area contributed by atoms with Crippen LogP contribution in [0, 0.1) is 0 Å². The minimum absolute atomic E-state index is 0.267. The van der Waals surface area contributed by atoms with Gasteiger partial charge in [0.2, 0.25) is 0 Å². The van der Waals surface area contributed by atoms with E-state index < -0.39 is 0 Å². The zero-order valence-electron chi connectivity index (χ0n) is 10.4. The number of rotatable bonds is 4. The lowest BCUT2D eigenvalue weighted by Gasteiger charge is -2.08. The zero-order valence-corrected chi connectivity index (χ0v) is 10.4. The predicted octanol–water partition coefficient (Wildman–Crippen LogP) is 2.99. The molecule has 0 spiro atoms. The number of amides is 1. The zero-order chi connectivity index (χ0) is 12.8. The molecule has 0 radical (unpaired) electrons. The number of hydrogen-bond donors (Lipinski definition) is 1. The lowest BCUT2D eigenvalue weighted by atomic mass is 10.2. The molecule has 1 aromatic rings. The van der Waals surface area contributed by atoms with Gasteiger partial charge in [-0.3, -0.25) is 5.32 Å². The van der Waals surface area contributed by atoms with Crippen molar-refractivity contribution in [2.45, 2.75) is 25.9 Å². The van der Waals surface area contributed by atoms with Gasteiger partial charge in [-0.05, 0) is 37.0 Å². The summed E-state index contributed by atoms with van der Waals surface area (Å²) in [5, 5.41) is 2.75. The molecule has 1 N–H and O–H groups in total. The van der Waals surface area contributed by atoms with Crippen LogP contribution < -0.4 is 10.1 Å². The van der Waals surface area contributed by atoms with Gasteiger partial charge in [0.05, 0.1) is 7.11 Å². The van der Waals surface area contributed by atoms with E-state index in [1.54, 1.807) is 7.11 Å². The molecule has 0 fully saturated rings. The van der Waals surface area contributed by atoms with Crippen LogP contribution >= 0.6 is 0 Å². The van der Waals surface area contributed by atoms with Gasteiger partial charge in [-0.2, -0.15) is 0 Å². The second-order valence-corrected chi connectivity index (χ2v) is 4.17. The Bertz CT molecular complexity index is 437. The summed E-state index contributed by atoms with van der Waals surface area (Å²) in [7, 11) is 1.62. The maximum Gasteiger partial charge on any atom is 0.411 e. The standard InChI is InChI=1S/C14H17NO3/c1-17-13-8-6-11(7-9-13)10-18-14(16)15-12-4-2-3-5-12/h4,6-9H,2-3,5,10H2,1H3,(H,15,16). The molecule has 4 heteroatoms. The van der Waals surface area contributed by atoms with Crippen LogP contribution in [0.1, 0.15) is 24.8 Å². The maximum absolute atomic E-state index is 11.5. The van der Waals surface area contributed by atoms with Gasteiger partial charge in [-0.1, -0.05) is 18.2 Å². The van der Waals surface area contributed by atoms with E-state index in [9.17, 15) is 4.79 Å². The smallest absolute Gasteiger partial charge is 0.411 e. The molecule has 0 unspecified atom stereocenters. The summed E-state index contributed by atoms with van der Waals surface area (Å²) >= 11 is 0. The van der Waals surface area contributed by atoms with E-state index in [4.69, 9.17) is 9.47 Å². The molecular weight excluding hydrogens is 230 g/mol. The van der Waals surface area contributed by atoms with Gasteiger partial charge in [-0.25, -0.2) is 4.79 Å². The summed E-state index contributed by atoms with van der Waals surface area (Å²) in [6.45, 7) is 0.267. The van der Waals surface area contributed by atoms with Crippen LogP contribution in [0.5, 0.6) is 5.75 Å². The Morgan fingerprint density at radius 3 is 2.72 bits per heavy atom. The van der Waals surface area contributed by atoms with Crippen molar-refractivity contribution in [3.05, 3.63) is 41.6 Å². The van der Waals surface area contributed by atoms with Crippen molar-refractivity contribution in [1.82, 2.24) is 5.32 Å². The van der Waals surface area contributed by atoms with E-state index >= 15 is 0 Å². The number of alkyl carbamates (subject to hydrolysis) is 1. The van der Waals surface area contributed by atoms with E-state index in [0.717, 1.165) is 36.3 Å². The summed E-state index contributed by atoms with van der Waals surface area (Å²) in [5.41, 5.74) is 1.90. The van der Waals surface area contributed by atoms with Gasteiger partial charge in [0, 0.05) is 5.70 Å². The van der Waals surface area contributed by atoms with Crippen LogP contribution in [-0.4, -0.2) is 13.2 Å². The number of carbonyl (C=O) groups excluding carboxylic acids is 1. The second kappa shape index (κ2) is 6.10. The highest BCUT2D eigenvalue weighted by Gasteiger charge is 2.09. The van der Waals surface area contributed by atoms with Crippen molar-refractivity contribution in [2.75, 3.05) is 7.11 Å². The molecule has 1 aromatic carbocycles. The van der Waals surface area contributed by atoms with Gasteiger partial charge >= 0.3 is 6.09 Å². The normalized spacial score (nSPS) is 13.9. The highest BCUT2D eigenvalue weighted by atomic mass is 16.5. The number of benzene rings is 1. The second-order valence-electron chi connectivity index (χ2n) is 4.17. The van der Waals surface area contributed by atoms with Gasteiger partial charge in [0.15, 0.2) is 0 Å². The molecule has 0 atom stereocenters. The monoisotopic (exact) mass is 247 g/mol. The molecule has 1 amide bonds. The van der Waals surface area contributed by atoms with Crippen molar-refractivity contribution < 1.29 is 14.3 Å². The molecule has 96 valence electrons. The Morgan fingerprint density at radius 2 is 2.11 bits per heavy atom. The summed E-state index contributed by atoms with van der Waals surface area (Å²) in [6.07, 6.45) is 4.72. The van der Waals surface area contributed by atoms with Crippen LogP contribution in [0.25, 0.3) is 0 Å². The van der Waals surface area contributed by atoms with Crippen LogP contribution in [0.3, 0.4) is 0 Å². The molecular formula is C14H17NO3. The first-order valence-corrected chi connectivity index (χ1v) is 6.03. The lowest BCUT2D eigenvalue weighted by molar-refractivity contribution is 0.142. The molecule has 0 heterocycles. The Morgan fingerprint density at radius 1 is 1.33 bits per heavy atom. The maximum atomic E-state index is 11.5. The molecule has 0 bridgehead atoms. The highest BCUT2D eigenvalue weighted by molar-refractivity contribution is 5.69.